The summed E-state index contributed by atoms with van der Waals surface area (Å²) in [5.41, 5.74) is 0. The number of aliphatic hydroxyl groups excluding tert-OH is 1. The highest BCUT2D eigenvalue weighted by molar-refractivity contribution is 5.60. The van der Waals surface area contributed by atoms with Crippen LogP contribution in [0.25, 0.3) is 0 Å². The van der Waals surface area contributed by atoms with Crippen LogP contribution >= 0.6 is 0 Å². The molecule has 2 atom stereocenters. The van der Waals surface area contributed by atoms with E-state index in [9.17, 15) is 4.79 Å². The molecule has 0 rings (SSSR count). The summed E-state index contributed by atoms with van der Waals surface area (Å²) < 4.78 is 9.13. The lowest BCUT2D eigenvalue weighted by Gasteiger charge is -2.14. The molecule has 0 spiro atoms. The van der Waals surface area contributed by atoms with E-state index in [0.717, 1.165) is 0 Å². The summed E-state index contributed by atoms with van der Waals surface area (Å²) in [7, 11) is 0. The van der Waals surface area contributed by atoms with Crippen molar-refractivity contribution in [3.63, 3.8) is 0 Å². The third kappa shape index (κ3) is 4.61. The lowest BCUT2D eigenvalue weighted by molar-refractivity contribution is -0.0159. The van der Waals surface area contributed by atoms with Gasteiger partial charge in [-0.15, -0.1) is 0 Å². The van der Waals surface area contributed by atoms with Gasteiger partial charge in [0.25, 0.3) is 0 Å². The van der Waals surface area contributed by atoms with Crippen LogP contribution in [-0.4, -0.2) is 30.1 Å². The van der Waals surface area contributed by atoms with Crippen LogP contribution in [0.4, 0.5) is 4.79 Å². The molecule has 0 aromatic carbocycles. The van der Waals surface area contributed by atoms with Crippen molar-refractivity contribution in [2.75, 3.05) is 6.61 Å². The van der Waals surface area contributed by atoms with Gasteiger partial charge in [-0.3, -0.25) is 0 Å². The molecule has 0 aliphatic rings. The van der Waals surface area contributed by atoms with Gasteiger partial charge in [0.1, 0.15) is 6.10 Å². The molecule has 0 fully saturated rings. The lowest BCUT2D eigenvalue weighted by Crippen LogP contribution is -2.26. The SMILES string of the molecule is CCOC(=O)OC(C)C(C)O. The van der Waals surface area contributed by atoms with Crippen molar-refractivity contribution in [3.8, 4) is 0 Å². The van der Waals surface area contributed by atoms with Crippen LogP contribution in [0.5, 0.6) is 0 Å². The molecular formula is C7H14O4. The fraction of sp³-hybridized carbons (Fsp3) is 0.857. The van der Waals surface area contributed by atoms with Gasteiger partial charge in [-0.25, -0.2) is 4.79 Å². The summed E-state index contributed by atoms with van der Waals surface area (Å²) in [6.07, 6.45) is -1.92. The van der Waals surface area contributed by atoms with Gasteiger partial charge in [0, 0.05) is 0 Å². The normalized spacial score (nSPS) is 15.3. The summed E-state index contributed by atoms with van der Waals surface area (Å²) in [5, 5.41) is 8.91. The van der Waals surface area contributed by atoms with Crippen molar-refractivity contribution in [1.82, 2.24) is 0 Å². The molecule has 0 aliphatic heterocycles. The number of ether oxygens (including phenoxy) is 2. The molecule has 11 heavy (non-hydrogen) atoms. The second kappa shape index (κ2) is 4.96. The predicted molar refractivity (Wildman–Crippen MR) is 39.2 cm³/mol. The topological polar surface area (TPSA) is 55.8 Å². The van der Waals surface area contributed by atoms with Gasteiger partial charge >= 0.3 is 6.16 Å². The molecule has 0 saturated carbocycles. The van der Waals surface area contributed by atoms with E-state index in [4.69, 9.17) is 5.11 Å². The maximum absolute atomic E-state index is 10.6. The van der Waals surface area contributed by atoms with Crippen molar-refractivity contribution in [1.29, 1.82) is 0 Å². The fourth-order valence-corrected chi connectivity index (χ4v) is 0.402. The third-order valence-electron chi connectivity index (χ3n) is 1.22. The largest absolute Gasteiger partial charge is 0.508 e. The molecular weight excluding hydrogens is 148 g/mol. The van der Waals surface area contributed by atoms with E-state index < -0.39 is 18.4 Å². The maximum atomic E-state index is 10.6. The Balaban J connectivity index is 3.57. The van der Waals surface area contributed by atoms with Crippen LogP contribution in [0.2, 0.25) is 0 Å². The molecule has 4 heteroatoms. The average molecular weight is 162 g/mol. The Bertz CT molecular complexity index is 122. The molecule has 0 heterocycles. The van der Waals surface area contributed by atoms with E-state index in [2.05, 4.69) is 9.47 Å². The van der Waals surface area contributed by atoms with E-state index >= 15 is 0 Å². The fourth-order valence-electron chi connectivity index (χ4n) is 0.402. The zero-order valence-corrected chi connectivity index (χ0v) is 7.03. The van der Waals surface area contributed by atoms with E-state index in [1.807, 2.05) is 0 Å². The summed E-state index contributed by atoms with van der Waals surface area (Å²) in [6.45, 7) is 5.12. The van der Waals surface area contributed by atoms with Gasteiger partial charge in [-0.05, 0) is 20.8 Å². The first-order chi connectivity index (χ1) is 5.07. The van der Waals surface area contributed by atoms with E-state index in [1.165, 1.54) is 0 Å². The molecule has 0 amide bonds. The first-order valence-corrected chi connectivity index (χ1v) is 3.59. The Hall–Kier alpha value is -0.770. The highest BCUT2D eigenvalue weighted by atomic mass is 16.7. The zero-order valence-electron chi connectivity index (χ0n) is 7.03. The average Bonchev–Trinajstić information content (AvgIpc) is 1.87. The Morgan fingerprint density at radius 3 is 2.45 bits per heavy atom. The Morgan fingerprint density at radius 2 is 2.09 bits per heavy atom. The minimum absolute atomic E-state index is 0.283. The molecule has 0 aromatic heterocycles. The van der Waals surface area contributed by atoms with Crippen molar-refractivity contribution in [2.24, 2.45) is 0 Å². The molecule has 0 bridgehead atoms. The quantitative estimate of drug-likeness (QED) is 0.627. The van der Waals surface area contributed by atoms with Crippen molar-refractivity contribution in [3.05, 3.63) is 0 Å². The number of rotatable bonds is 3. The van der Waals surface area contributed by atoms with Crippen molar-refractivity contribution < 1.29 is 19.4 Å². The molecule has 0 aromatic rings. The molecule has 2 unspecified atom stereocenters. The standard InChI is InChI=1S/C7H14O4/c1-4-10-7(9)11-6(3)5(2)8/h5-6,8H,4H2,1-3H3. The van der Waals surface area contributed by atoms with Crippen LogP contribution < -0.4 is 0 Å². The minimum Gasteiger partial charge on any atom is -0.435 e. The first kappa shape index (κ1) is 10.2. The number of aliphatic hydroxyl groups is 1. The summed E-state index contributed by atoms with van der Waals surface area (Å²) >= 11 is 0. The molecule has 0 radical (unpaired) electrons. The van der Waals surface area contributed by atoms with Crippen LogP contribution in [-0.2, 0) is 9.47 Å². The highest BCUT2D eigenvalue weighted by Gasteiger charge is 2.14. The highest BCUT2D eigenvalue weighted by Crippen LogP contribution is 1.99. The smallest absolute Gasteiger partial charge is 0.435 e. The summed E-state index contributed by atoms with van der Waals surface area (Å²) in [5.74, 6) is 0. The summed E-state index contributed by atoms with van der Waals surface area (Å²) in [4.78, 5) is 10.6. The predicted octanol–water partition coefficient (Wildman–Crippen LogP) is 0.929. The van der Waals surface area contributed by atoms with Gasteiger partial charge in [0.05, 0.1) is 12.7 Å². The number of hydrogen-bond donors (Lipinski definition) is 1. The monoisotopic (exact) mass is 162 g/mol. The van der Waals surface area contributed by atoms with E-state index in [-0.39, 0.29) is 6.61 Å². The Morgan fingerprint density at radius 1 is 1.55 bits per heavy atom. The number of carbonyl (C=O) groups is 1. The lowest BCUT2D eigenvalue weighted by atomic mass is 10.3. The van der Waals surface area contributed by atoms with Crippen LogP contribution in [0.3, 0.4) is 0 Å². The van der Waals surface area contributed by atoms with Crippen LogP contribution in [0.15, 0.2) is 0 Å². The minimum atomic E-state index is -0.735. The maximum Gasteiger partial charge on any atom is 0.508 e. The molecule has 4 nitrogen and oxygen atoms in total. The van der Waals surface area contributed by atoms with Gasteiger partial charge in [-0.1, -0.05) is 0 Å². The van der Waals surface area contributed by atoms with Gasteiger partial charge in [-0.2, -0.15) is 0 Å². The second-order valence-electron chi connectivity index (χ2n) is 2.25. The second-order valence-corrected chi connectivity index (χ2v) is 2.25. The molecule has 0 aliphatic carbocycles. The Labute approximate surface area is 66.1 Å². The molecule has 66 valence electrons. The van der Waals surface area contributed by atoms with Gasteiger partial charge in [0.15, 0.2) is 0 Å². The Kier molecular flexibility index (Phi) is 4.61. The van der Waals surface area contributed by atoms with Crippen LogP contribution in [0, 0.1) is 0 Å². The van der Waals surface area contributed by atoms with E-state index in [0.29, 0.717) is 0 Å². The van der Waals surface area contributed by atoms with Crippen molar-refractivity contribution in [2.45, 2.75) is 33.0 Å². The van der Waals surface area contributed by atoms with Crippen LogP contribution in [0.1, 0.15) is 20.8 Å². The molecule has 0 saturated heterocycles. The number of carbonyl (C=O) groups excluding carboxylic acids is 1. The zero-order chi connectivity index (χ0) is 8.85. The third-order valence-corrected chi connectivity index (χ3v) is 1.22. The number of hydrogen-bond acceptors (Lipinski definition) is 4. The van der Waals surface area contributed by atoms with E-state index in [1.54, 1.807) is 20.8 Å². The van der Waals surface area contributed by atoms with Gasteiger partial charge in [0.2, 0.25) is 0 Å². The van der Waals surface area contributed by atoms with Crippen molar-refractivity contribution >= 4 is 6.16 Å². The first-order valence-electron chi connectivity index (χ1n) is 3.59. The summed E-state index contributed by atoms with van der Waals surface area (Å²) in [6, 6.07) is 0. The molecule has 1 N–H and O–H groups in total. The van der Waals surface area contributed by atoms with Gasteiger partial charge < -0.3 is 14.6 Å².